The predicted molar refractivity (Wildman–Crippen MR) is 171 cm³/mol. The highest BCUT2D eigenvalue weighted by Crippen LogP contribution is 2.38. The molecule has 1 aliphatic rings. The lowest BCUT2D eigenvalue weighted by Crippen LogP contribution is -2.24. The Morgan fingerprint density at radius 3 is 2.46 bits per heavy atom. The molecule has 0 N–H and O–H groups in total. The van der Waals surface area contributed by atoms with Crippen LogP contribution in [-0.4, -0.2) is 34.5 Å². The third-order valence-corrected chi connectivity index (χ3v) is 8.16. The van der Waals surface area contributed by atoms with Gasteiger partial charge < -0.3 is 4.42 Å². The number of furan rings is 1. The zero-order valence-electron chi connectivity index (χ0n) is 24.1. The number of allylic oxidation sites excluding steroid dienone is 1. The van der Waals surface area contributed by atoms with Crippen molar-refractivity contribution in [2.45, 2.75) is 45.6 Å². The maximum Gasteiger partial charge on any atom is 0.227 e. The molecule has 0 saturated carbocycles. The second-order valence-corrected chi connectivity index (χ2v) is 10.8. The van der Waals surface area contributed by atoms with Gasteiger partial charge in [-0.1, -0.05) is 49.1 Å². The molecule has 2 atom stereocenters. The van der Waals surface area contributed by atoms with Crippen molar-refractivity contribution in [1.29, 1.82) is 0 Å². The fraction of sp³-hybridized carbons (Fsp3) is 0.222. The number of benzene rings is 2. The molecule has 6 rings (SSSR count). The summed E-state index contributed by atoms with van der Waals surface area (Å²) in [5, 5.41) is 2.05. The summed E-state index contributed by atoms with van der Waals surface area (Å²) in [5.41, 5.74) is 11.9. The average Bonchev–Trinajstić information content (AvgIpc) is 3.36. The first kappa shape index (κ1) is 26.6. The van der Waals surface area contributed by atoms with Crippen molar-refractivity contribution in [3.8, 4) is 11.3 Å². The van der Waals surface area contributed by atoms with Crippen LogP contribution in [0, 0.1) is 13.8 Å². The quantitative estimate of drug-likeness (QED) is 0.154. The largest absolute Gasteiger partial charge is 0.437 e. The van der Waals surface area contributed by atoms with Crippen molar-refractivity contribution in [3.63, 3.8) is 0 Å². The number of rotatable bonds is 7. The Hall–Kier alpha value is -4.64. The minimum absolute atomic E-state index is 0.000280. The van der Waals surface area contributed by atoms with Gasteiger partial charge in [0.25, 0.3) is 0 Å². The molecule has 5 heteroatoms. The minimum Gasteiger partial charge on any atom is -0.437 e. The first-order valence-electron chi connectivity index (χ1n) is 14.1. The van der Waals surface area contributed by atoms with Crippen LogP contribution < -0.4 is 0 Å². The Morgan fingerprint density at radius 1 is 0.976 bits per heavy atom. The van der Waals surface area contributed by atoms with E-state index in [0.717, 1.165) is 74.4 Å². The van der Waals surface area contributed by atoms with Gasteiger partial charge in [0.05, 0.1) is 17.4 Å². The molecule has 204 valence electrons. The SMILES string of the molecule is C=CC1=NC(C=C)C(CCc2ccc3c(oc4nc(-c5cc(C)nc(C)c5)ccc43)c2C(C)=NC)c2ccccc21. The second-order valence-electron chi connectivity index (χ2n) is 10.8. The molecule has 0 radical (unpaired) electrons. The molecule has 0 spiro atoms. The first-order chi connectivity index (χ1) is 19.9. The van der Waals surface area contributed by atoms with Crippen molar-refractivity contribution >= 4 is 33.5 Å². The number of hydrogen-bond donors (Lipinski definition) is 0. The summed E-state index contributed by atoms with van der Waals surface area (Å²) < 4.78 is 6.53. The Kier molecular flexibility index (Phi) is 6.96. The van der Waals surface area contributed by atoms with Crippen molar-refractivity contribution in [2.75, 3.05) is 7.05 Å². The maximum absolute atomic E-state index is 6.53. The Morgan fingerprint density at radius 2 is 1.73 bits per heavy atom. The van der Waals surface area contributed by atoms with Crippen LogP contribution in [0.2, 0.25) is 0 Å². The Labute approximate surface area is 241 Å². The summed E-state index contributed by atoms with van der Waals surface area (Å²) in [5.74, 6) is 0.224. The lowest BCUT2D eigenvalue weighted by atomic mass is 9.80. The molecular weight excluding hydrogens is 504 g/mol. The average molecular weight is 539 g/mol. The molecule has 1 aliphatic heterocycles. The van der Waals surface area contributed by atoms with Gasteiger partial charge in [0.1, 0.15) is 5.58 Å². The van der Waals surface area contributed by atoms with Crippen LogP contribution in [0.5, 0.6) is 0 Å². The van der Waals surface area contributed by atoms with E-state index in [1.165, 1.54) is 11.1 Å². The van der Waals surface area contributed by atoms with Gasteiger partial charge >= 0.3 is 0 Å². The molecule has 2 unspecified atom stereocenters. The molecule has 0 fully saturated rings. The number of hydrogen-bond acceptors (Lipinski definition) is 5. The summed E-state index contributed by atoms with van der Waals surface area (Å²) in [6.45, 7) is 14.2. The fourth-order valence-corrected chi connectivity index (χ4v) is 6.20. The summed E-state index contributed by atoms with van der Waals surface area (Å²) in [4.78, 5) is 19.0. The van der Waals surface area contributed by atoms with Crippen LogP contribution in [0.15, 0.2) is 100 Å². The highest BCUT2D eigenvalue weighted by molar-refractivity contribution is 6.15. The number of nitrogens with zero attached hydrogens (tertiary/aromatic N) is 4. The van der Waals surface area contributed by atoms with E-state index in [1.807, 2.05) is 33.0 Å². The first-order valence-corrected chi connectivity index (χ1v) is 14.1. The summed E-state index contributed by atoms with van der Waals surface area (Å²) >= 11 is 0. The Bertz CT molecular complexity index is 1870. The van der Waals surface area contributed by atoms with Crippen LogP contribution in [0.25, 0.3) is 33.3 Å². The number of aliphatic imine (C=N–C) groups is 2. The van der Waals surface area contributed by atoms with E-state index in [0.29, 0.717) is 5.71 Å². The molecule has 5 nitrogen and oxygen atoms in total. The zero-order chi connectivity index (χ0) is 28.7. The normalized spacial score (nSPS) is 17.0. The highest BCUT2D eigenvalue weighted by atomic mass is 16.3. The molecule has 0 bridgehead atoms. The van der Waals surface area contributed by atoms with Crippen molar-refractivity contribution in [2.24, 2.45) is 9.98 Å². The van der Waals surface area contributed by atoms with Crippen LogP contribution >= 0.6 is 0 Å². The molecule has 41 heavy (non-hydrogen) atoms. The standard InChI is InChI=1S/C36H34N4O/c1-7-31-27-12-10-9-11-26(27)28(32(8-2)39-31)15-13-24-14-16-29-30-17-18-33(25-19-21(3)38-22(4)20-25)40-36(30)41-35(29)34(24)23(5)37-6/h7-12,14,16-20,28,32H,1-2,13,15H2,3-6H3. The third-order valence-electron chi connectivity index (χ3n) is 8.16. The van der Waals surface area contributed by atoms with E-state index in [-0.39, 0.29) is 12.0 Å². The van der Waals surface area contributed by atoms with Crippen LogP contribution in [0.4, 0.5) is 0 Å². The minimum atomic E-state index is 0.000280. The van der Waals surface area contributed by atoms with E-state index in [2.05, 4.69) is 90.7 Å². The zero-order valence-corrected chi connectivity index (χ0v) is 24.1. The number of fused-ring (bicyclic) bond motifs is 4. The summed E-state index contributed by atoms with van der Waals surface area (Å²) in [6, 6.07) is 21.2. The molecule has 0 amide bonds. The van der Waals surface area contributed by atoms with Crippen LogP contribution in [0.1, 0.15) is 52.9 Å². The van der Waals surface area contributed by atoms with Crippen molar-refractivity contribution in [3.05, 3.63) is 120 Å². The van der Waals surface area contributed by atoms with Gasteiger partial charge in [-0.2, -0.15) is 0 Å². The topological polar surface area (TPSA) is 63.6 Å². The van der Waals surface area contributed by atoms with E-state index >= 15 is 0 Å². The second kappa shape index (κ2) is 10.7. The lowest BCUT2D eigenvalue weighted by Gasteiger charge is -2.30. The monoisotopic (exact) mass is 538 g/mol. The molecule has 5 aromatic rings. The van der Waals surface area contributed by atoms with E-state index in [4.69, 9.17) is 14.4 Å². The van der Waals surface area contributed by atoms with Gasteiger partial charge in [0.15, 0.2) is 0 Å². The van der Waals surface area contributed by atoms with Crippen LogP contribution in [0.3, 0.4) is 0 Å². The van der Waals surface area contributed by atoms with Gasteiger partial charge in [-0.05, 0) is 75.1 Å². The maximum atomic E-state index is 6.53. The molecular formula is C36H34N4O. The molecule has 4 heterocycles. The molecule has 0 saturated heterocycles. The van der Waals surface area contributed by atoms with Crippen LogP contribution in [-0.2, 0) is 6.42 Å². The fourth-order valence-electron chi connectivity index (χ4n) is 6.20. The third kappa shape index (κ3) is 4.71. The van der Waals surface area contributed by atoms with E-state index in [9.17, 15) is 0 Å². The van der Waals surface area contributed by atoms with E-state index in [1.54, 1.807) is 0 Å². The highest BCUT2D eigenvalue weighted by Gasteiger charge is 2.29. The lowest BCUT2D eigenvalue weighted by molar-refractivity contribution is 0.559. The van der Waals surface area contributed by atoms with Gasteiger partial charge in [0.2, 0.25) is 5.71 Å². The molecule has 2 aromatic carbocycles. The smallest absolute Gasteiger partial charge is 0.227 e. The van der Waals surface area contributed by atoms with E-state index < -0.39 is 0 Å². The molecule has 3 aromatic heterocycles. The van der Waals surface area contributed by atoms with Crippen molar-refractivity contribution in [1.82, 2.24) is 9.97 Å². The Balaban J connectivity index is 1.41. The predicted octanol–water partition coefficient (Wildman–Crippen LogP) is 8.36. The van der Waals surface area contributed by atoms with Gasteiger partial charge in [-0.15, -0.1) is 6.58 Å². The van der Waals surface area contributed by atoms with Crippen molar-refractivity contribution < 1.29 is 4.42 Å². The van der Waals surface area contributed by atoms with Gasteiger partial charge in [-0.3, -0.25) is 15.0 Å². The summed E-state index contributed by atoms with van der Waals surface area (Å²) in [6.07, 6.45) is 5.57. The summed E-state index contributed by atoms with van der Waals surface area (Å²) in [7, 11) is 1.84. The number of pyridine rings is 2. The van der Waals surface area contributed by atoms with Gasteiger partial charge in [-0.25, -0.2) is 4.98 Å². The number of aromatic nitrogens is 2. The van der Waals surface area contributed by atoms with Gasteiger partial charge in [0, 0.05) is 57.5 Å². The molecule has 0 aliphatic carbocycles. The number of aryl methyl sites for hydroxylation is 3.